The summed E-state index contributed by atoms with van der Waals surface area (Å²) in [6.45, 7) is 8.41. The third-order valence-corrected chi connectivity index (χ3v) is 5.99. The molecule has 0 spiro atoms. The summed E-state index contributed by atoms with van der Waals surface area (Å²) in [6.07, 6.45) is -3.50. The first-order chi connectivity index (χ1) is 16.4. The van der Waals surface area contributed by atoms with Crippen LogP contribution in [0.4, 0.5) is 13.2 Å². The lowest BCUT2D eigenvalue weighted by Gasteiger charge is -2.35. The first-order valence-electron chi connectivity index (χ1n) is 11.3. The summed E-state index contributed by atoms with van der Waals surface area (Å²) in [4.78, 5) is 41.0. The summed E-state index contributed by atoms with van der Waals surface area (Å²) in [5, 5.41) is -0.0760. The summed E-state index contributed by atoms with van der Waals surface area (Å²) in [5.74, 6) is 0.870. The normalized spacial score (nSPS) is 19.6. The van der Waals surface area contributed by atoms with Gasteiger partial charge in [0, 0.05) is 30.9 Å². The topological polar surface area (TPSA) is 101 Å². The van der Waals surface area contributed by atoms with E-state index in [0.29, 0.717) is 30.5 Å². The van der Waals surface area contributed by atoms with Crippen LogP contribution in [0.2, 0.25) is 0 Å². The van der Waals surface area contributed by atoms with Crippen LogP contribution in [-0.2, 0) is 6.18 Å². The van der Waals surface area contributed by atoms with Gasteiger partial charge in [0.05, 0.1) is 10.9 Å². The number of piperidine rings is 1. The Morgan fingerprint density at radius 3 is 2.49 bits per heavy atom. The number of aromatic nitrogens is 4. The molecule has 0 bridgehead atoms. The van der Waals surface area contributed by atoms with Gasteiger partial charge in [-0.2, -0.15) is 13.2 Å². The molecule has 3 atom stereocenters. The van der Waals surface area contributed by atoms with Crippen molar-refractivity contribution in [1.82, 2.24) is 24.8 Å². The monoisotopic (exact) mass is 489 g/mol. The van der Waals surface area contributed by atoms with E-state index < -0.39 is 23.5 Å². The van der Waals surface area contributed by atoms with Crippen LogP contribution in [0.25, 0.3) is 11.0 Å². The molecule has 0 aromatic carbocycles. The SMILES string of the molecule is Cc1nc2nc(C(F)(F)F)c(C(C)Oc3ccc(C(=O)N4CC(C)CC(C)C4)cn3)cc2c(=O)[nH]1. The Morgan fingerprint density at radius 2 is 1.89 bits per heavy atom. The number of nitrogens with zero attached hydrogens (tertiary/aromatic N) is 4. The number of H-pyrrole nitrogens is 1. The van der Waals surface area contributed by atoms with Gasteiger partial charge in [-0.3, -0.25) is 9.59 Å². The lowest BCUT2D eigenvalue weighted by molar-refractivity contribution is -0.142. The standard InChI is InChI=1S/C24H26F3N5O3/c1-12-7-13(2)11-32(10-12)23(34)16-5-6-19(28-9-16)35-14(3)17-8-18-21(29-15(4)30-22(18)33)31-20(17)24(25,26)27/h5-6,8-9,12-14H,7,10-11H2,1-4H3,(H,29,30,31,33). The quantitative estimate of drug-likeness (QED) is 0.587. The molecular formula is C24H26F3N5O3. The molecule has 8 nitrogen and oxygen atoms in total. The number of aryl methyl sites for hydroxylation is 1. The number of ether oxygens (including phenoxy) is 1. The van der Waals surface area contributed by atoms with Crippen LogP contribution in [0.1, 0.15) is 60.7 Å². The van der Waals surface area contributed by atoms with Gasteiger partial charge >= 0.3 is 6.18 Å². The number of hydrogen-bond donors (Lipinski definition) is 1. The average molecular weight is 489 g/mol. The number of rotatable bonds is 4. The molecule has 3 unspecified atom stereocenters. The lowest BCUT2D eigenvalue weighted by atomic mass is 9.91. The third kappa shape index (κ3) is 5.28. The Bertz CT molecular complexity index is 1300. The van der Waals surface area contributed by atoms with Gasteiger partial charge in [0.25, 0.3) is 11.5 Å². The van der Waals surface area contributed by atoms with Crippen LogP contribution in [0, 0.1) is 18.8 Å². The highest BCUT2D eigenvalue weighted by Gasteiger charge is 2.38. The summed E-state index contributed by atoms with van der Waals surface area (Å²) in [6, 6.07) is 4.08. The number of aromatic amines is 1. The molecule has 11 heteroatoms. The minimum absolute atomic E-state index is 0.0404. The number of carbonyl (C=O) groups is 1. The zero-order valence-corrected chi connectivity index (χ0v) is 19.8. The molecule has 4 rings (SSSR count). The fourth-order valence-electron chi connectivity index (χ4n) is 4.56. The Kier molecular flexibility index (Phi) is 6.52. The Labute approximate surface area is 199 Å². The summed E-state index contributed by atoms with van der Waals surface area (Å²) in [7, 11) is 0. The van der Waals surface area contributed by atoms with E-state index in [1.54, 1.807) is 11.0 Å². The molecule has 4 heterocycles. The number of carbonyl (C=O) groups excluding carboxylic acids is 1. The van der Waals surface area contributed by atoms with Crippen LogP contribution in [0.15, 0.2) is 29.2 Å². The predicted molar refractivity (Wildman–Crippen MR) is 122 cm³/mol. The molecule has 35 heavy (non-hydrogen) atoms. The van der Waals surface area contributed by atoms with Gasteiger partial charge in [-0.25, -0.2) is 15.0 Å². The number of pyridine rings is 2. The van der Waals surface area contributed by atoms with Gasteiger partial charge < -0.3 is 14.6 Å². The van der Waals surface area contributed by atoms with E-state index in [2.05, 4.69) is 33.8 Å². The average Bonchev–Trinajstić information content (AvgIpc) is 2.77. The molecule has 1 fully saturated rings. The number of hydrogen-bond acceptors (Lipinski definition) is 6. The summed E-state index contributed by atoms with van der Waals surface area (Å²) in [5.41, 5.74) is -2.02. The molecule has 1 N–H and O–H groups in total. The summed E-state index contributed by atoms with van der Waals surface area (Å²) < 4.78 is 46.9. The fourth-order valence-corrected chi connectivity index (χ4v) is 4.56. The molecule has 3 aromatic heterocycles. The van der Waals surface area contributed by atoms with Crippen molar-refractivity contribution >= 4 is 16.9 Å². The van der Waals surface area contributed by atoms with Crippen molar-refractivity contribution in [1.29, 1.82) is 0 Å². The molecule has 1 aliphatic heterocycles. The number of alkyl halides is 3. The fraction of sp³-hybridized carbons (Fsp3) is 0.458. The van der Waals surface area contributed by atoms with Crippen LogP contribution in [0.3, 0.4) is 0 Å². The number of fused-ring (bicyclic) bond motifs is 1. The molecular weight excluding hydrogens is 463 g/mol. The highest BCUT2D eigenvalue weighted by Crippen LogP contribution is 2.35. The van der Waals surface area contributed by atoms with Crippen LogP contribution in [0.5, 0.6) is 5.88 Å². The van der Waals surface area contributed by atoms with E-state index in [4.69, 9.17) is 4.74 Å². The van der Waals surface area contributed by atoms with E-state index in [9.17, 15) is 22.8 Å². The van der Waals surface area contributed by atoms with Crippen LogP contribution >= 0.6 is 0 Å². The lowest BCUT2D eigenvalue weighted by Crippen LogP contribution is -2.42. The van der Waals surface area contributed by atoms with E-state index in [1.165, 1.54) is 26.1 Å². The van der Waals surface area contributed by atoms with Crippen LogP contribution < -0.4 is 10.3 Å². The highest BCUT2D eigenvalue weighted by molar-refractivity contribution is 5.94. The number of amides is 1. The molecule has 1 aliphatic rings. The molecule has 1 saturated heterocycles. The second kappa shape index (κ2) is 9.27. The Balaban J connectivity index is 1.59. The number of likely N-dealkylation sites (tertiary alicyclic amines) is 1. The zero-order chi connectivity index (χ0) is 25.5. The third-order valence-electron chi connectivity index (χ3n) is 5.99. The minimum Gasteiger partial charge on any atom is -0.470 e. The van der Waals surface area contributed by atoms with Gasteiger partial charge in [-0.1, -0.05) is 13.8 Å². The Morgan fingerprint density at radius 1 is 1.20 bits per heavy atom. The van der Waals surface area contributed by atoms with Gasteiger partial charge in [0.2, 0.25) is 5.88 Å². The maximum Gasteiger partial charge on any atom is 0.433 e. The molecule has 0 radical (unpaired) electrons. The maximum atomic E-state index is 13.8. The van der Waals surface area contributed by atoms with Gasteiger partial charge in [0.15, 0.2) is 11.3 Å². The van der Waals surface area contributed by atoms with Crippen molar-refractivity contribution in [3.8, 4) is 5.88 Å². The van der Waals surface area contributed by atoms with Crippen LogP contribution in [-0.4, -0.2) is 43.8 Å². The second-order valence-electron chi connectivity index (χ2n) is 9.25. The predicted octanol–water partition coefficient (Wildman–Crippen LogP) is 4.30. The van der Waals surface area contributed by atoms with Crippen molar-refractivity contribution in [2.75, 3.05) is 13.1 Å². The molecule has 1 amide bonds. The number of nitrogens with one attached hydrogen (secondary N) is 1. The molecule has 0 saturated carbocycles. The van der Waals surface area contributed by atoms with Crippen molar-refractivity contribution in [3.63, 3.8) is 0 Å². The highest BCUT2D eigenvalue weighted by atomic mass is 19.4. The molecule has 0 aliphatic carbocycles. The second-order valence-corrected chi connectivity index (χ2v) is 9.25. The van der Waals surface area contributed by atoms with Crippen molar-refractivity contribution in [2.45, 2.75) is 46.4 Å². The van der Waals surface area contributed by atoms with E-state index in [0.717, 1.165) is 12.5 Å². The van der Waals surface area contributed by atoms with E-state index in [1.807, 2.05) is 0 Å². The number of halogens is 3. The van der Waals surface area contributed by atoms with Crippen molar-refractivity contribution in [3.05, 3.63) is 57.4 Å². The van der Waals surface area contributed by atoms with E-state index >= 15 is 0 Å². The smallest absolute Gasteiger partial charge is 0.433 e. The first kappa shape index (κ1) is 24.6. The van der Waals surface area contributed by atoms with Gasteiger partial charge in [-0.05, 0) is 44.2 Å². The minimum atomic E-state index is -4.79. The zero-order valence-electron chi connectivity index (χ0n) is 19.8. The Hall–Kier alpha value is -3.50. The van der Waals surface area contributed by atoms with Crippen molar-refractivity contribution in [2.24, 2.45) is 11.8 Å². The molecule has 186 valence electrons. The van der Waals surface area contributed by atoms with Gasteiger partial charge in [0.1, 0.15) is 11.9 Å². The van der Waals surface area contributed by atoms with E-state index in [-0.39, 0.29) is 34.2 Å². The summed E-state index contributed by atoms with van der Waals surface area (Å²) >= 11 is 0. The largest absolute Gasteiger partial charge is 0.470 e. The van der Waals surface area contributed by atoms with Crippen molar-refractivity contribution < 1.29 is 22.7 Å². The van der Waals surface area contributed by atoms with Gasteiger partial charge in [-0.15, -0.1) is 0 Å². The molecule has 3 aromatic rings. The first-order valence-corrected chi connectivity index (χ1v) is 11.3. The maximum absolute atomic E-state index is 13.8.